The van der Waals surface area contributed by atoms with E-state index in [1.807, 2.05) is 63.1 Å². The maximum absolute atomic E-state index is 9.89. The van der Waals surface area contributed by atoms with E-state index in [4.69, 9.17) is 0 Å². The Morgan fingerprint density at radius 1 is 1.00 bits per heavy atom. The highest BCUT2D eigenvalue weighted by Crippen LogP contribution is 2.15. The molecule has 2 rings (SSSR count). The molecule has 0 radical (unpaired) electrons. The molecule has 2 aromatic rings. The first-order valence-electron chi connectivity index (χ1n) is 8.78. The Kier molecular flexibility index (Phi) is 25.9. The summed E-state index contributed by atoms with van der Waals surface area (Å²) in [5.74, 6) is 0. The molecule has 0 saturated carbocycles. The number of hydrogen-bond donors (Lipinski definition) is 1. The highest BCUT2D eigenvalue weighted by atomic mass is 19.1. The number of aromatic nitrogens is 2. The van der Waals surface area contributed by atoms with Crippen LogP contribution in [0.5, 0.6) is 0 Å². The molecular formula is C20H36F2N4O. The number of hydrogen-bond acceptors (Lipinski definition) is 3. The molecule has 5 nitrogen and oxygen atoms in total. The van der Waals surface area contributed by atoms with E-state index in [1.165, 1.54) is 5.56 Å². The maximum atomic E-state index is 9.89. The van der Waals surface area contributed by atoms with Crippen molar-refractivity contribution in [1.29, 1.82) is 0 Å². The Morgan fingerprint density at radius 2 is 1.48 bits per heavy atom. The van der Waals surface area contributed by atoms with E-state index in [-0.39, 0.29) is 0 Å². The first-order valence-corrected chi connectivity index (χ1v) is 8.78. The number of alkyl halides is 2. The van der Waals surface area contributed by atoms with E-state index in [0.717, 1.165) is 31.7 Å². The summed E-state index contributed by atoms with van der Waals surface area (Å²) < 4.78 is 20.9. The van der Waals surface area contributed by atoms with Gasteiger partial charge in [0.1, 0.15) is 0 Å². The van der Waals surface area contributed by atoms with Gasteiger partial charge in [0.15, 0.2) is 0 Å². The number of nitrogens with one attached hydrogen (secondary N) is 1. The third kappa shape index (κ3) is 15.7. The van der Waals surface area contributed by atoms with Gasteiger partial charge in [-0.15, -0.1) is 0 Å². The van der Waals surface area contributed by atoms with Crippen LogP contribution in [-0.2, 0) is 11.3 Å². The zero-order valence-corrected chi connectivity index (χ0v) is 17.7. The Balaban J connectivity index is -0.000000351. The van der Waals surface area contributed by atoms with Gasteiger partial charge in [-0.2, -0.15) is 5.10 Å². The molecule has 156 valence electrons. The lowest BCUT2D eigenvalue weighted by molar-refractivity contribution is -0.117. The molecule has 1 heterocycles. The zero-order valence-electron chi connectivity index (χ0n) is 17.7. The molecule has 0 aliphatic carbocycles. The third-order valence-corrected chi connectivity index (χ3v) is 3.00. The van der Waals surface area contributed by atoms with Crippen LogP contribution in [-0.4, -0.2) is 62.6 Å². The van der Waals surface area contributed by atoms with Gasteiger partial charge in [0.2, 0.25) is 6.41 Å². The van der Waals surface area contributed by atoms with Gasteiger partial charge in [-0.1, -0.05) is 30.3 Å². The SMILES string of the molecule is CCN(C=O)CC.CCn1ccc(-c2ccccc2)n1.CF.CF.CNC. The van der Waals surface area contributed by atoms with Crippen LogP contribution in [0.25, 0.3) is 11.3 Å². The lowest BCUT2D eigenvalue weighted by atomic mass is 10.2. The molecule has 1 aromatic carbocycles. The van der Waals surface area contributed by atoms with Crippen LogP contribution in [0.2, 0.25) is 0 Å². The molecule has 1 amide bonds. The molecule has 7 heteroatoms. The fourth-order valence-electron chi connectivity index (χ4n) is 1.67. The summed E-state index contributed by atoms with van der Waals surface area (Å²) in [4.78, 5) is 11.6. The van der Waals surface area contributed by atoms with Crippen molar-refractivity contribution in [3.05, 3.63) is 42.6 Å². The smallest absolute Gasteiger partial charge is 0.209 e. The lowest BCUT2D eigenvalue weighted by Crippen LogP contribution is -2.19. The summed E-state index contributed by atoms with van der Waals surface area (Å²) >= 11 is 0. The van der Waals surface area contributed by atoms with Crippen LogP contribution in [0.15, 0.2) is 42.6 Å². The minimum Gasteiger partial charge on any atom is -0.346 e. The number of carbonyl (C=O) groups is 1. The molecule has 1 aromatic heterocycles. The van der Waals surface area contributed by atoms with Gasteiger partial charge in [-0.05, 0) is 40.9 Å². The van der Waals surface area contributed by atoms with E-state index in [9.17, 15) is 13.6 Å². The van der Waals surface area contributed by atoms with E-state index < -0.39 is 0 Å². The van der Waals surface area contributed by atoms with E-state index in [0.29, 0.717) is 14.4 Å². The summed E-state index contributed by atoms with van der Waals surface area (Å²) in [5, 5.41) is 7.17. The van der Waals surface area contributed by atoms with Gasteiger partial charge in [0.05, 0.1) is 20.0 Å². The third-order valence-electron chi connectivity index (χ3n) is 3.00. The molecule has 0 spiro atoms. The first-order chi connectivity index (χ1) is 13.2. The predicted octanol–water partition coefficient (Wildman–Crippen LogP) is 4.06. The van der Waals surface area contributed by atoms with Gasteiger partial charge in [-0.25, -0.2) is 0 Å². The van der Waals surface area contributed by atoms with E-state index in [1.54, 1.807) is 4.90 Å². The number of carbonyl (C=O) groups excluding carboxylic acids is 1. The minimum atomic E-state index is 0.500. The molecule has 0 unspecified atom stereocenters. The highest BCUT2D eigenvalue weighted by molar-refractivity contribution is 5.57. The summed E-state index contributed by atoms with van der Waals surface area (Å²) in [5.41, 5.74) is 2.22. The average Bonchev–Trinajstić information content (AvgIpc) is 3.23. The Bertz CT molecular complexity index is 518. The Morgan fingerprint density at radius 3 is 1.78 bits per heavy atom. The molecular weight excluding hydrogens is 350 g/mol. The number of amides is 1. The van der Waals surface area contributed by atoms with Crippen molar-refractivity contribution >= 4 is 6.41 Å². The van der Waals surface area contributed by atoms with Crippen molar-refractivity contribution in [2.45, 2.75) is 27.3 Å². The van der Waals surface area contributed by atoms with E-state index >= 15 is 0 Å². The van der Waals surface area contributed by atoms with Crippen LogP contribution in [0.1, 0.15) is 20.8 Å². The van der Waals surface area contributed by atoms with Gasteiger partial charge >= 0.3 is 0 Å². The van der Waals surface area contributed by atoms with E-state index in [2.05, 4.69) is 29.5 Å². The normalized spacial score (nSPS) is 8.19. The second-order valence-corrected chi connectivity index (χ2v) is 4.75. The lowest BCUT2D eigenvalue weighted by Gasteiger charge is -2.08. The topological polar surface area (TPSA) is 50.2 Å². The summed E-state index contributed by atoms with van der Waals surface area (Å²) in [7, 11) is 4.75. The number of benzene rings is 1. The van der Waals surface area contributed by atoms with Crippen molar-refractivity contribution < 1.29 is 13.6 Å². The van der Waals surface area contributed by atoms with Gasteiger partial charge in [-0.3, -0.25) is 18.3 Å². The standard InChI is InChI=1S/C11H12N2.C5H11NO.C2H7N.2CH3F/c1-2-13-9-8-11(12-13)10-6-4-3-5-7-10;1-3-6(4-2)5-7;1-3-2;2*1-2/h3-9H,2H2,1H3;5H,3-4H2,1-2H3;3H,1-2H3;2*1H3. The number of rotatable bonds is 5. The predicted molar refractivity (Wildman–Crippen MR) is 111 cm³/mol. The number of aryl methyl sites for hydroxylation is 1. The van der Waals surface area contributed by atoms with Crippen molar-refractivity contribution in [1.82, 2.24) is 20.0 Å². The fourth-order valence-corrected chi connectivity index (χ4v) is 1.67. The quantitative estimate of drug-likeness (QED) is 0.789. The van der Waals surface area contributed by atoms with Crippen molar-refractivity contribution in [3.8, 4) is 11.3 Å². The van der Waals surface area contributed by atoms with Crippen LogP contribution in [0.4, 0.5) is 8.78 Å². The number of nitrogens with zero attached hydrogens (tertiary/aromatic N) is 3. The van der Waals surface area contributed by atoms with Crippen LogP contribution in [0.3, 0.4) is 0 Å². The van der Waals surface area contributed by atoms with Gasteiger partial charge in [0, 0.05) is 31.4 Å². The summed E-state index contributed by atoms with van der Waals surface area (Å²) in [6.07, 6.45) is 2.86. The van der Waals surface area contributed by atoms with Crippen LogP contribution in [0, 0.1) is 0 Å². The zero-order chi connectivity index (χ0) is 21.5. The summed E-state index contributed by atoms with van der Waals surface area (Å²) in [6, 6.07) is 12.3. The molecule has 1 N–H and O–H groups in total. The Labute approximate surface area is 163 Å². The van der Waals surface area contributed by atoms with Crippen molar-refractivity contribution in [2.75, 3.05) is 41.5 Å². The highest BCUT2D eigenvalue weighted by Gasteiger charge is 1.99. The van der Waals surface area contributed by atoms with Crippen LogP contribution >= 0.6 is 0 Å². The second-order valence-electron chi connectivity index (χ2n) is 4.75. The maximum Gasteiger partial charge on any atom is 0.209 e. The van der Waals surface area contributed by atoms with Crippen molar-refractivity contribution in [3.63, 3.8) is 0 Å². The molecule has 0 atom stereocenters. The molecule has 0 fully saturated rings. The molecule has 27 heavy (non-hydrogen) atoms. The molecule has 0 saturated heterocycles. The van der Waals surface area contributed by atoms with Crippen LogP contribution < -0.4 is 5.32 Å². The molecule has 0 bridgehead atoms. The molecule has 0 aliphatic rings. The Hall–Kier alpha value is -2.28. The monoisotopic (exact) mass is 386 g/mol. The molecule has 0 aliphatic heterocycles. The average molecular weight is 387 g/mol. The fraction of sp³-hybridized carbons (Fsp3) is 0.500. The van der Waals surface area contributed by atoms with Crippen molar-refractivity contribution in [2.24, 2.45) is 0 Å². The van der Waals surface area contributed by atoms with Gasteiger partial charge < -0.3 is 10.2 Å². The number of halogens is 2. The second kappa shape index (κ2) is 23.7. The largest absolute Gasteiger partial charge is 0.346 e. The summed E-state index contributed by atoms with van der Waals surface area (Å²) in [6.45, 7) is 8.56. The minimum absolute atomic E-state index is 0.500. The van der Waals surface area contributed by atoms with Gasteiger partial charge in [0.25, 0.3) is 0 Å². The first kappa shape index (κ1) is 29.5.